The normalized spacial score (nSPS) is 10.4. The molecule has 0 aliphatic heterocycles. The zero-order valence-electron chi connectivity index (χ0n) is 10.6. The molecule has 0 aliphatic carbocycles. The fourth-order valence-corrected chi connectivity index (χ4v) is 3.66. The summed E-state index contributed by atoms with van der Waals surface area (Å²) in [5.74, 6) is 0. The fraction of sp³-hybridized carbons (Fsp3) is 0.0714. The third kappa shape index (κ3) is 2.07. The minimum atomic E-state index is 0.518. The fourth-order valence-electron chi connectivity index (χ4n) is 1.98. The molecule has 0 amide bonds. The maximum Gasteiger partial charge on any atom is 0.129 e. The molecule has 20 heavy (non-hydrogen) atoms. The van der Waals surface area contributed by atoms with Crippen LogP contribution in [0.4, 0.5) is 5.69 Å². The van der Waals surface area contributed by atoms with Crippen LogP contribution in [-0.2, 0) is 0 Å². The Morgan fingerprint density at radius 2 is 2.05 bits per heavy atom. The number of nitrogen functional groups attached to an aromatic ring is 1. The second-order valence-corrected chi connectivity index (χ2v) is 6.23. The zero-order valence-corrected chi connectivity index (χ0v) is 12.3. The number of aryl methyl sites for hydroxylation is 1. The van der Waals surface area contributed by atoms with Gasteiger partial charge in [0.2, 0.25) is 0 Å². The molecule has 0 bridgehead atoms. The summed E-state index contributed by atoms with van der Waals surface area (Å²) in [7, 11) is 0. The quantitative estimate of drug-likeness (QED) is 0.782. The Morgan fingerprint density at radius 1 is 1.30 bits per heavy atom. The lowest BCUT2D eigenvalue weighted by Crippen LogP contribution is -1.89. The van der Waals surface area contributed by atoms with Crippen molar-refractivity contribution in [3.05, 3.63) is 39.8 Å². The number of nitrogens with zero attached hydrogens (tertiary/aromatic N) is 3. The smallest absolute Gasteiger partial charge is 0.129 e. The van der Waals surface area contributed by atoms with E-state index >= 15 is 0 Å². The monoisotopic (exact) mass is 298 g/mol. The number of hydrogen-bond acceptors (Lipinski definition) is 6. The van der Waals surface area contributed by atoms with Gasteiger partial charge in [0.1, 0.15) is 10.9 Å². The Morgan fingerprint density at radius 3 is 2.65 bits per heavy atom. The van der Waals surface area contributed by atoms with E-state index in [9.17, 15) is 5.26 Å². The predicted octanol–water partition coefficient (Wildman–Crippen LogP) is 3.70. The van der Waals surface area contributed by atoms with Crippen molar-refractivity contribution in [3.63, 3.8) is 0 Å². The van der Waals surface area contributed by atoms with Crippen molar-refractivity contribution in [1.29, 1.82) is 5.26 Å². The Labute approximate surface area is 124 Å². The predicted molar refractivity (Wildman–Crippen MR) is 82.5 cm³/mol. The Kier molecular flexibility index (Phi) is 3.22. The summed E-state index contributed by atoms with van der Waals surface area (Å²) >= 11 is 2.97. The topological polar surface area (TPSA) is 75.6 Å². The Bertz CT molecular complexity index is 796. The molecule has 0 aliphatic rings. The third-order valence-corrected chi connectivity index (χ3v) is 4.77. The molecule has 3 rings (SSSR count). The highest BCUT2D eigenvalue weighted by Gasteiger charge is 2.20. The van der Waals surface area contributed by atoms with Crippen LogP contribution in [0.25, 0.3) is 21.7 Å². The Balaban J connectivity index is 2.28. The van der Waals surface area contributed by atoms with Crippen molar-refractivity contribution in [2.75, 3.05) is 5.73 Å². The van der Waals surface area contributed by atoms with Crippen LogP contribution in [0.15, 0.2) is 29.9 Å². The molecule has 2 N–H and O–H groups in total. The van der Waals surface area contributed by atoms with Crippen LogP contribution in [0.3, 0.4) is 0 Å². The molecule has 0 fully saturated rings. The van der Waals surface area contributed by atoms with Gasteiger partial charge in [0.05, 0.1) is 21.3 Å². The van der Waals surface area contributed by atoms with Crippen molar-refractivity contribution < 1.29 is 0 Å². The lowest BCUT2D eigenvalue weighted by atomic mass is 10.0. The van der Waals surface area contributed by atoms with E-state index in [0.29, 0.717) is 10.6 Å². The number of hydrogen-bond donors (Lipinski definition) is 1. The van der Waals surface area contributed by atoms with Gasteiger partial charge in [-0.15, -0.1) is 22.7 Å². The van der Waals surface area contributed by atoms with E-state index in [-0.39, 0.29) is 0 Å². The number of anilines is 1. The van der Waals surface area contributed by atoms with Gasteiger partial charge < -0.3 is 5.73 Å². The van der Waals surface area contributed by atoms with Gasteiger partial charge >= 0.3 is 0 Å². The van der Waals surface area contributed by atoms with E-state index in [1.165, 1.54) is 11.3 Å². The van der Waals surface area contributed by atoms with E-state index < -0.39 is 0 Å². The lowest BCUT2D eigenvalue weighted by Gasteiger charge is -2.03. The number of thiophene rings is 1. The van der Waals surface area contributed by atoms with Crippen LogP contribution in [0, 0.1) is 18.3 Å². The molecule has 0 spiro atoms. The van der Waals surface area contributed by atoms with Gasteiger partial charge in [-0.05, 0) is 24.6 Å². The molecular weight excluding hydrogens is 288 g/mol. The number of nitriles is 1. The highest BCUT2D eigenvalue weighted by molar-refractivity contribution is 7.17. The second kappa shape index (κ2) is 5.04. The van der Waals surface area contributed by atoms with E-state index in [2.05, 4.69) is 16.0 Å². The molecule has 0 aromatic carbocycles. The molecule has 3 aromatic heterocycles. The maximum atomic E-state index is 9.21. The summed E-state index contributed by atoms with van der Waals surface area (Å²) in [5, 5.41) is 12.2. The van der Waals surface area contributed by atoms with Crippen molar-refractivity contribution in [2.45, 2.75) is 6.92 Å². The first kappa shape index (κ1) is 12.8. The van der Waals surface area contributed by atoms with Gasteiger partial charge in [-0.2, -0.15) is 5.26 Å². The van der Waals surface area contributed by atoms with E-state index in [1.807, 2.05) is 24.4 Å². The second-order valence-electron chi connectivity index (χ2n) is 4.15. The summed E-state index contributed by atoms with van der Waals surface area (Å²) in [6.07, 6.45) is 3.43. The molecule has 98 valence electrons. The van der Waals surface area contributed by atoms with E-state index in [0.717, 1.165) is 26.7 Å². The highest BCUT2D eigenvalue weighted by atomic mass is 32.1. The summed E-state index contributed by atoms with van der Waals surface area (Å²) in [6, 6.07) is 5.94. The molecule has 4 nitrogen and oxygen atoms in total. The maximum absolute atomic E-state index is 9.21. The van der Waals surface area contributed by atoms with E-state index in [4.69, 9.17) is 5.73 Å². The van der Waals surface area contributed by atoms with Crippen molar-refractivity contribution in [2.24, 2.45) is 0 Å². The van der Waals surface area contributed by atoms with Gasteiger partial charge in [0.15, 0.2) is 0 Å². The van der Waals surface area contributed by atoms with Crippen LogP contribution in [-0.4, -0.2) is 9.97 Å². The third-order valence-electron chi connectivity index (χ3n) is 2.87. The van der Waals surface area contributed by atoms with Crippen molar-refractivity contribution in [3.8, 4) is 27.8 Å². The van der Waals surface area contributed by atoms with Crippen LogP contribution in [0.1, 0.15) is 9.88 Å². The summed E-state index contributed by atoms with van der Waals surface area (Å²) < 4.78 is 0. The summed E-state index contributed by atoms with van der Waals surface area (Å²) in [6.45, 7) is 1.96. The number of aromatic nitrogens is 2. The highest BCUT2D eigenvalue weighted by Crippen LogP contribution is 2.44. The Hall–Kier alpha value is -2.23. The molecule has 0 unspecified atom stereocenters. The minimum Gasteiger partial charge on any atom is -0.396 e. The molecule has 0 radical (unpaired) electrons. The number of pyridine rings is 1. The SMILES string of the molecule is Cc1nc(-c2sc(C#N)c(N)c2-c2ccncc2)cs1. The van der Waals surface area contributed by atoms with Crippen LogP contribution in [0.2, 0.25) is 0 Å². The summed E-state index contributed by atoms with van der Waals surface area (Å²) in [5.41, 5.74) is 9.35. The average Bonchev–Trinajstić information content (AvgIpc) is 3.03. The standard InChI is InChI=1S/C14H10N4S2/c1-8-18-10(7-19-8)14-12(9-2-4-17-5-3-9)13(16)11(6-15)20-14/h2-5,7H,16H2,1H3. The largest absolute Gasteiger partial charge is 0.396 e. The number of thiazole rings is 1. The first-order valence-corrected chi connectivity index (χ1v) is 7.55. The first-order valence-electron chi connectivity index (χ1n) is 5.86. The zero-order chi connectivity index (χ0) is 14.1. The molecule has 0 saturated carbocycles. The van der Waals surface area contributed by atoms with Gasteiger partial charge in [0.25, 0.3) is 0 Å². The first-order chi connectivity index (χ1) is 9.70. The molecular formula is C14H10N4S2. The minimum absolute atomic E-state index is 0.518. The molecule has 3 aromatic rings. The van der Waals surface area contributed by atoms with Crippen molar-refractivity contribution in [1.82, 2.24) is 9.97 Å². The molecule has 0 atom stereocenters. The number of rotatable bonds is 2. The number of nitrogens with two attached hydrogens (primary N) is 1. The van der Waals surface area contributed by atoms with Gasteiger partial charge in [-0.25, -0.2) is 4.98 Å². The van der Waals surface area contributed by atoms with Crippen LogP contribution < -0.4 is 5.73 Å². The molecule has 0 saturated heterocycles. The van der Waals surface area contributed by atoms with Gasteiger partial charge in [-0.3, -0.25) is 4.98 Å². The summed E-state index contributed by atoms with van der Waals surface area (Å²) in [4.78, 5) is 9.99. The average molecular weight is 298 g/mol. The van der Waals surface area contributed by atoms with Crippen LogP contribution in [0.5, 0.6) is 0 Å². The molecule has 6 heteroatoms. The molecule has 3 heterocycles. The van der Waals surface area contributed by atoms with Gasteiger partial charge in [-0.1, -0.05) is 0 Å². The van der Waals surface area contributed by atoms with Crippen LogP contribution >= 0.6 is 22.7 Å². The van der Waals surface area contributed by atoms with Gasteiger partial charge in [0, 0.05) is 23.3 Å². The lowest BCUT2D eigenvalue weighted by molar-refractivity contribution is 1.30. The van der Waals surface area contributed by atoms with E-state index in [1.54, 1.807) is 23.7 Å². The van der Waals surface area contributed by atoms with Crippen molar-refractivity contribution >= 4 is 28.4 Å².